The van der Waals surface area contributed by atoms with Crippen molar-refractivity contribution in [3.8, 4) is 0 Å². The van der Waals surface area contributed by atoms with E-state index in [0.29, 0.717) is 6.42 Å². The molecule has 0 radical (unpaired) electrons. The smallest absolute Gasteiger partial charge is 0.219 e. The molecular weight excluding hydrogens is 226 g/mol. The number of nitrogens with zero attached hydrogens (tertiary/aromatic N) is 1. The Morgan fingerprint density at radius 3 is 2.67 bits per heavy atom. The first kappa shape index (κ1) is 15.4. The van der Waals surface area contributed by atoms with E-state index in [2.05, 4.69) is 17.3 Å². The Morgan fingerprint density at radius 2 is 2.00 bits per heavy atom. The van der Waals surface area contributed by atoms with E-state index in [1.165, 1.54) is 25.9 Å². The summed E-state index contributed by atoms with van der Waals surface area (Å²) in [6.07, 6.45) is 7.43. The molecule has 0 bridgehead atoms. The van der Waals surface area contributed by atoms with E-state index in [0.717, 1.165) is 44.7 Å². The molecule has 0 aromatic rings. The first-order chi connectivity index (χ1) is 8.72. The highest BCUT2D eigenvalue weighted by atomic mass is 16.1. The largest absolute Gasteiger partial charge is 0.356 e. The van der Waals surface area contributed by atoms with Crippen molar-refractivity contribution in [2.45, 2.75) is 44.9 Å². The minimum Gasteiger partial charge on any atom is -0.356 e. The average molecular weight is 255 g/mol. The number of unbranched alkanes of at least 4 members (excludes halogenated alkanes) is 2. The second kappa shape index (κ2) is 9.34. The Kier molecular flexibility index (Phi) is 8.01. The molecule has 0 unspecified atom stereocenters. The van der Waals surface area contributed by atoms with Gasteiger partial charge in [-0.2, -0.15) is 0 Å². The van der Waals surface area contributed by atoms with E-state index in [1.807, 2.05) is 0 Å². The summed E-state index contributed by atoms with van der Waals surface area (Å²) in [5.41, 5.74) is 5.41. The highest BCUT2D eigenvalue weighted by molar-refractivity contribution is 5.75. The van der Waals surface area contributed by atoms with E-state index in [4.69, 9.17) is 5.73 Å². The number of piperidine rings is 1. The predicted octanol–water partition coefficient (Wildman–Crippen LogP) is 1.35. The highest BCUT2D eigenvalue weighted by Gasteiger charge is 2.16. The van der Waals surface area contributed by atoms with Gasteiger partial charge in [0.05, 0.1) is 0 Å². The molecule has 0 atom stereocenters. The van der Waals surface area contributed by atoms with Crippen LogP contribution in [0.2, 0.25) is 0 Å². The summed E-state index contributed by atoms with van der Waals surface area (Å²) in [4.78, 5) is 13.9. The van der Waals surface area contributed by atoms with Crippen molar-refractivity contribution in [1.82, 2.24) is 10.2 Å². The molecule has 1 rings (SSSR count). The van der Waals surface area contributed by atoms with Crippen molar-refractivity contribution in [2.75, 3.05) is 33.2 Å². The zero-order valence-corrected chi connectivity index (χ0v) is 11.8. The Hall–Kier alpha value is -0.610. The van der Waals surface area contributed by atoms with Crippen molar-refractivity contribution < 1.29 is 4.79 Å². The Labute approximate surface area is 111 Å². The number of carbonyl (C=O) groups is 1. The monoisotopic (exact) mass is 255 g/mol. The van der Waals surface area contributed by atoms with Crippen LogP contribution in [0, 0.1) is 5.92 Å². The van der Waals surface area contributed by atoms with Crippen LogP contribution in [-0.2, 0) is 4.79 Å². The minimum absolute atomic E-state index is 0.208. The lowest BCUT2D eigenvalue weighted by atomic mass is 9.94. The summed E-state index contributed by atoms with van der Waals surface area (Å²) in [5.74, 6) is 1.01. The Balaban J connectivity index is 1.95. The Bertz CT molecular complexity index is 225. The third kappa shape index (κ3) is 6.97. The van der Waals surface area contributed by atoms with Gasteiger partial charge in [0.2, 0.25) is 5.91 Å². The molecule has 18 heavy (non-hydrogen) atoms. The molecule has 1 saturated heterocycles. The van der Waals surface area contributed by atoms with E-state index < -0.39 is 0 Å². The summed E-state index contributed by atoms with van der Waals surface area (Å²) >= 11 is 0. The molecule has 0 spiro atoms. The molecule has 3 N–H and O–H groups in total. The van der Waals surface area contributed by atoms with Crippen molar-refractivity contribution >= 4 is 5.91 Å². The summed E-state index contributed by atoms with van der Waals surface area (Å²) in [5, 5.41) is 3.03. The van der Waals surface area contributed by atoms with Crippen LogP contribution < -0.4 is 11.1 Å². The number of nitrogens with two attached hydrogens (primary N) is 1. The molecule has 0 saturated carbocycles. The van der Waals surface area contributed by atoms with Crippen LogP contribution in [0.1, 0.15) is 44.9 Å². The van der Waals surface area contributed by atoms with Crippen LogP contribution in [0.4, 0.5) is 0 Å². The lowest BCUT2D eigenvalue weighted by Crippen LogP contribution is -2.32. The molecule has 0 aliphatic carbocycles. The molecule has 4 nitrogen and oxygen atoms in total. The molecular formula is C14H29N3O. The second-order valence-corrected chi connectivity index (χ2v) is 5.48. The van der Waals surface area contributed by atoms with Gasteiger partial charge in [-0.05, 0) is 64.7 Å². The van der Waals surface area contributed by atoms with E-state index in [9.17, 15) is 4.79 Å². The van der Waals surface area contributed by atoms with Gasteiger partial charge in [0.1, 0.15) is 0 Å². The maximum atomic E-state index is 11.5. The molecule has 1 aliphatic heterocycles. The standard InChI is InChI=1S/C14H29N3O/c1-17-11-7-13(8-12-17)6-10-16-14(18)5-3-2-4-9-15/h13H,2-12,15H2,1H3,(H,16,18). The molecule has 106 valence electrons. The van der Waals surface area contributed by atoms with Gasteiger partial charge in [-0.15, -0.1) is 0 Å². The van der Waals surface area contributed by atoms with E-state index in [-0.39, 0.29) is 5.91 Å². The van der Waals surface area contributed by atoms with Crippen molar-refractivity contribution in [2.24, 2.45) is 11.7 Å². The van der Waals surface area contributed by atoms with Gasteiger partial charge in [0.25, 0.3) is 0 Å². The van der Waals surface area contributed by atoms with Crippen LogP contribution in [0.5, 0.6) is 0 Å². The van der Waals surface area contributed by atoms with Gasteiger partial charge in [-0.25, -0.2) is 0 Å². The fourth-order valence-corrected chi connectivity index (χ4v) is 2.46. The van der Waals surface area contributed by atoms with Crippen LogP contribution in [0.3, 0.4) is 0 Å². The van der Waals surface area contributed by atoms with Gasteiger partial charge >= 0.3 is 0 Å². The molecule has 1 aliphatic rings. The summed E-state index contributed by atoms with van der Waals surface area (Å²) < 4.78 is 0. The van der Waals surface area contributed by atoms with Crippen LogP contribution in [-0.4, -0.2) is 44.0 Å². The average Bonchev–Trinajstić information content (AvgIpc) is 2.37. The quantitative estimate of drug-likeness (QED) is 0.644. The number of amides is 1. The SMILES string of the molecule is CN1CCC(CCNC(=O)CCCCCN)CC1. The fraction of sp³-hybridized carbons (Fsp3) is 0.929. The van der Waals surface area contributed by atoms with Gasteiger partial charge in [-0.1, -0.05) is 6.42 Å². The lowest BCUT2D eigenvalue weighted by molar-refractivity contribution is -0.121. The normalized spacial score (nSPS) is 17.9. The van der Waals surface area contributed by atoms with E-state index in [1.54, 1.807) is 0 Å². The lowest BCUT2D eigenvalue weighted by Gasteiger charge is -2.28. The molecule has 0 aromatic carbocycles. The predicted molar refractivity (Wildman–Crippen MR) is 75.4 cm³/mol. The van der Waals surface area contributed by atoms with Gasteiger partial charge in [-0.3, -0.25) is 4.79 Å². The molecule has 4 heteroatoms. The van der Waals surface area contributed by atoms with Crippen LogP contribution in [0.25, 0.3) is 0 Å². The third-order valence-electron chi connectivity index (χ3n) is 3.82. The van der Waals surface area contributed by atoms with Crippen LogP contribution >= 0.6 is 0 Å². The zero-order chi connectivity index (χ0) is 13.2. The van der Waals surface area contributed by atoms with Crippen molar-refractivity contribution in [3.05, 3.63) is 0 Å². The van der Waals surface area contributed by atoms with Gasteiger partial charge in [0.15, 0.2) is 0 Å². The number of rotatable bonds is 8. The highest BCUT2D eigenvalue weighted by Crippen LogP contribution is 2.18. The second-order valence-electron chi connectivity index (χ2n) is 5.48. The van der Waals surface area contributed by atoms with Gasteiger partial charge in [0, 0.05) is 13.0 Å². The summed E-state index contributed by atoms with van der Waals surface area (Å²) in [7, 11) is 2.18. The fourth-order valence-electron chi connectivity index (χ4n) is 2.46. The third-order valence-corrected chi connectivity index (χ3v) is 3.82. The van der Waals surface area contributed by atoms with Crippen LogP contribution in [0.15, 0.2) is 0 Å². The number of carbonyl (C=O) groups excluding carboxylic acids is 1. The number of nitrogens with one attached hydrogen (secondary N) is 1. The summed E-state index contributed by atoms with van der Waals surface area (Å²) in [6, 6.07) is 0. The number of hydrogen-bond acceptors (Lipinski definition) is 3. The maximum absolute atomic E-state index is 11.5. The van der Waals surface area contributed by atoms with Crippen molar-refractivity contribution in [1.29, 1.82) is 0 Å². The number of likely N-dealkylation sites (tertiary alicyclic amines) is 1. The molecule has 1 amide bonds. The first-order valence-electron chi connectivity index (χ1n) is 7.37. The van der Waals surface area contributed by atoms with Crippen molar-refractivity contribution in [3.63, 3.8) is 0 Å². The molecule has 0 aromatic heterocycles. The maximum Gasteiger partial charge on any atom is 0.219 e. The molecule has 1 heterocycles. The van der Waals surface area contributed by atoms with E-state index >= 15 is 0 Å². The van der Waals surface area contributed by atoms with Gasteiger partial charge < -0.3 is 16.0 Å². The zero-order valence-electron chi connectivity index (χ0n) is 11.8. The minimum atomic E-state index is 0.208. The number of hydrogen-bond donors (Lipinski definition) is 2. The Morgan fingerprint density at radius 1 is 1.28 bits per heavy atom. The summed E-state index contributed by atoms with van der Waals surface area (Å²) in [6.45, 7) is 4.00. The first-order valence-corrected chi connectivity index (χ1v) is 7.37. The topological polar surface area (TPSA) is 58.4 Å². The molecule has 1 fully saturated rings.